The van der Waals surface area contributed by atoms with Crippen LogP contribution >= 0.6 is 0 Å². The van der Waals surface area contributed by atoms with Crippen LogP contribution < -0.4 is 28.3 Å². The molecule has 8 heteroatoms. The Morgan fingerprint density at radius 2 is 2.24 bits per heavy atom. The number of carbonyl (C=O) groups is 1. The highest BCUT2D eigenvalue weighted by atomic mass is 35.5. The van der Waals surface area contributed by atoms with Gasteiger partial charge < -0.3 is 23.2 Å². The molecule has 0 aliphatic rings. The fourth-order valence-corrected chi connectivity index (χ4v) is 1.47. The van der Waals surface area contributed by atoms with Crippen molar-refractivity contribution in [1.82, 2.24) is 9.97 Å². The number of aromatic nitrogens is 3. The normalized spacial score (nSPS) is 9.94. The third kappa shape index (κ3) is 2.18. The van der Waals surface area contributed by atoms with Gasteiger partial charge in [0.1, 0.15) is 11.6 Å². The molecule has 90 valence electrons. The molecular formula is C9H9ClN4O3. The van der Waals surface area contributed by atoms with E-state index in [0.717, 1.165) is 0 Å². The van der Waals surface area contributed by atoms with Crippen LogP contribution in [0.5, 0.6) is 0 Å². The summed E-state index contributed by atoms with van der Waals surface area (Å²) in [5.41, 5.74) is 5.30. The van der Waals surface area contributed by atoms with Crippen molar-refractivity contribution < 1.29 is 26.9 Å². The number of nitrogens with two attached hydrogens (primary N) is 1. The van der Waals surface area contributed by atoms with Crippen molar-refractivity contribution in [3.63, 3.8) is 0 Å². The predicted molar refractivity (Wildman–Crippen MR) is 54.9 cm³/mol. The monoisotopic (exact) mass is 256 g/mol. The van der Waals surface area contributed by atoms with Crippen molar-refractivity contribution in [3.8, 4) is 0 Å². The van der Waals surface area contributed by atoms with E-state index < -0.39 is 11.5 Å². The van der Waals surface area contributed by atoms with Crippen LogP contribution in [0.1, 0.15) is 10.4 Å². The molecule has 0 radical (unpaired) electrons. The number of aromatic carboxylic acids is 1. The van der Waals surface area contributed by atoms with Gasteiger partial charge in [-0.25, -0.2) is 9.36 Å². The Morgan fingerprint density at radius 1 is 1.59 bits per heavy atom. The van der Waals surface area contributed by atoms with E-state index in [2.05, 4.69) is 9.97 Å². The van der Waals surface area contributed by atoms with E-state index in [9.17, 15) is 9.59 Å². The van der Waals surface area contributed by atoms with Gasteiger partial charge in [-0.15, -0.1) is 0 Å². The molecule has 7 nitrogen and oxygen atoms in total. The van der Waals surface area contributed by atoms with Crippen LogP contribution in [-0.2, 0) is 7.05 Å². The minimum Gasteiger partial charge on any atom is -1.00 e. The summed E-state index contributed by atoms with van der Waals surface area (Å²) in [7, 11) is 1.60. The number of carboxylic acid groups (broad SMARTS) is 1. The topological polar surface area (TPSA) is 113 Å². The second kappa shape index (κ2) is 4.38. The fraction of sp³-hybridized carbons (Fsp3) is 0.111. The lowest BCUT2D eigenvalue weighted by molar-refractivity contribution is -0.647. The van der Waals surface area contributed by atoms with E-state index in [-0.39, 0.29) is 29.3 Å². The number of anilines is 1. The van der Waals surface area contributed by atoms with Crippen molar-refractivity contribution in [2.75, 3.05) is 5.73 Å². The van der Waals surface area contributed by atoms with Crippen LogP contribution in [0.3, 0.4) is 0 Å². The third-order valence-electron chi connectivity index (χ3n) is 2.17. The van der Waals surface area contributed by atoms with E-state index >= 15 is 0 Å². The summed E-state index contributed by atoms with van der Waals surface area (Å²) in [5.74, 6) is -1.11. The zero-order chi connectivity index (χ0) is 11.9. The smallest absolute Gasteiger partial charge is 0.340 e. The van der Waals surface area contributed by atoms with Gasteiger partial charge in [0.15, 0.2) is 0 Å². The molecule has 0 bridgehead atoms. The number of carboxylic acids is 1. The molecule has 0 fully saturated rings. The van der Waals surface area contributed by atoms with E-state index in [1.54, 1.807) is 7.05 Å². The number of aromatic amines is 1. The molecule has 0 amide bonds. The van der Waals surface area contributed by atoms with Gasteiger partial charge in [-0.1, -0.05) is 0 Å². The van der Waals surface area contributed by atoms with Crippen LogP contribution in [0.25, 0.3) is 11.0 Å². The zero-order valence-corrected chi connectivity index (χ0v) is 9.52. The molecule has 0 saturated heterocycles. The molecule has 0 atom stereocenters. The first-order chi connectivity index (χ1) is 7.49. The fourth-order valence-electron chi connectivity index (χ4n) is 1.47. The second-order valence-electron chi connectivity index (χ2n) is 3.33. The molecule has 4 N–H and O–H groups in total. The second-order valence-corrected chi connectivity index (χ2v) is 3.33. The minimum atomic E-state index is -1.10. The first kappa shape index (κ1) is 12.9. The Balaban J connectivity index is 0.00000144. The van der Waals surface area contributed by atoms with Gasteiger partial charge in [0.05, 0.1) is 12.6 Å². The molecule has 0 unspecified atom stereocenters. The maximum atomic E-state index is 11.5. The molecule has 0 aliphatic heterocycles. The van der Waals surface area contributed by atoms with Crippen LogP contribution in [0.4, 0.5) is 5.95 Å². The lowest BCUT2D eigenvalue weighted by Gasteiger charge is -1.98. The SMILES string of the molecule is C[n+]1cc(C(=O)O)cc2c(=O)[nH]c(N)nc21.[Cl-]. The molecule has 17 heavy (non-hydrogen) atoms. The highest BCUT2D eigenvalue weighted by Crippen LogP contribution is 2.05. The van der Waals surface area contributed by atoms with Crippen LogP contribution in [0, 0.1) is 0 Å². The summed E-state index contributed by atoms with van der Waals surface area (Å²) in [6.07, 6.45) is 1.37. The number of hydrogen-bond donors (Lipinski definition) is 3. The average molecular weight is 257 g/mol. The highest BCUT2D eigenvalue weighted by Gasteiger charge is 2.16. The lowest BCUT2D eigenvalue weighted by atomic mass is 10.2. The molecular weight excluding hydrogens is 248 g/mol. The lowest BCUT2D eigenvalue weighted by Crippen LogP contribution is -3.00. The van der Waals surface area contributed by atoms with E-state index in [4.69, 9.17) is 10.8 Å². The van der Waals surface area contributed by atoms with Crippen molar-refractivity contribution in [2.24, 2.45) is 7.05 Å². The Kier molecular flexibility index (Phi) is 3.33. The van der Waals surface area contributed by atoms with Gasteiger partial charge in [0.25, 0.3) is 5.56 Å². The maximum Gasteiger partial charge on any atom is 0.340 e. The van der Waals surface area contributed by atoms with Crippen LogP contribution in [-0.4, -0.2) is 21.0 Å². The number of hydrogen-bond acceptors (Lipinski definition) is 4. The van der Waals surface area contributed by atoms with Crippen molar-refractivity contribution in [3.05, 3.63) is 28.2 Å². The summed E-state index contributed by atoms with van der Waals surface area (Å²) in [5, 5.41) is 9.03. The highest BCUT2D eigenvalue weighted by molar-refractivity contribution is 5.90. The summed E-state index contributed by atoms with van der Waals surface area (Å²) < 4.78 is 1.45. The summed E-state index contributed by atoms with van der Waals surface area (Å²) >= 11 is 0. The number of nitrogens with one attached hydrogen (secondary N) is 1. The number of nitrogen functional groups attached to an aromatic ring is 1. The van der Waals surface area contributed by atoms with Crippen molar-refractivity contribution in [2.45, 2.75) is 0 Å². The number of H-pyrrole nitrogens is 1. The molecule has 0 aromatic carbocycles. The van der Waals surface area contributed by atoms with E-state index in [1.807, 2.05) is 0 Å². The van der Waals surface area contributed by atoms with Gasteiger partial charge in [-0.3, -0.25) is 9.78 Å². The number of aryl methyl sites for hydroxylation is 1. The van der Waals surface area contributed by atoms with E-state index in [1.165, 1.54) is 16.8 Å². The predicted octanol–water partition coefficient (Wildman–Crippen LogP) is -3.97. The van der Waals surface area contributed by atoms with Crippen molar-refractivity contribution in [1.29, 1.82) is 0 Å². The van der Waals surface area contributed by atoms with Gasteiger partial charge in [-0.2, -0.15) is 0 Å². The maximum absolute atomic E-state index is 11.5. The quantitative estimate of drug-likeness (QED) is 0.451. The largest absolute Gasteiger partial charge is 1.00 e. The van der Waals surface area contributed by atoms with Crippen LogP contribution in [0.15, 0.2) is 17.1 Å². The van der Waals surface area contributed by atoms with Gasteiger partial charge >= 0.3 is 17.6 Å². The molecule has 0 spiro atoms. The summed E-state index contributed by atoms with van der Waals surface area (Å²) in [4.78, 5) is 28.6. The third-order valence-corrected chi connectivity index (χ3v) is 2.17. The first-order valence-corrected chi connectivity index (χ1v) is 4.41. The first-order valence-electron chi connectivity index (χ1n) is 4.41. The standard InChI is InChI=1S/C9H8N4O3.ClH/c1-13-3-4(8(15)16)2-5-6(13)11-9(10)12-7(5)14;/h2-3H,1H3,(H3,10,12,14,15,16);1H. The Labute approximate surface area is 101 Å². The molecule has 2 rings (SSSR count). The average Bonchev–Trinajstić information content (AvgIpc) is 2.19. The summed E-state index contributed by atoms with van der Waals surface area (Å²) in [6, 6.07) is 1.27. The molecule has 2 heterocycles. The Morgan fingerprint density at radius 3 is 2.82 bits per heavy atom. The number of halogens is 1. The number of fused-ring (bicyclic) bond motifs is 1. The van der Waals surface area contributed by atoms with Gasteiger partial charge in [0, 0.05) is 0 Å². The Hall–Kier alpha value is -2.15. The molecule has 2 aromatic rings. The molecule has 2 aromatic heterocycles. The van der Waals surface area contributed by atoms with Gasteiger partial charge in [-0.05, 0) is 11.1 Å². The minimum absolute atomic E-state index is 0. The van der Waals surface area contributed by atoms with E-state index in [0.29, 0.717) is 5.65 Å². The summed E-state index contributed by atoms with van der Waals surface area (Å²) in [6.45, 7) is 0. The zero-order valence-electron chi connectivity index (χ0n) is 8.77. The van der Waals surface area contributed by atoms with Gasteiger partial charge in [0.2, 0.25) is 0 Å². The molecule has 0 saturated carbocycles. The molecule has 0 aliphatic carbocycles. The number of nitrogens with zero attached hydrogens (tertiary/aromatic N) is 2. The van der Waals surface area contributed by atoms with Crippen LogP contribution in [0.2, 0.25) is 0 Å². The van der Waals surface area contributed by atoms with Crippen molar-refractivity contribution >= 4 is 23.0 Å². The Bertz CT molecular complexity index is 652. The number of pyridine rings is 1. The number of rotatable bonds is 1.